The van der Waals surface area contributed by atoms with Crippen LogP contribution in [-0.4, -0.2) is 35.6 Å². The second-order valence-electron chi connectivity index (χ2n) is 3.31. The Bertz CT molecular complexity index is 270. The van der Waals surface area contributed by atoms with E-state index in [0.717, 1.165) is 25.5 Å². The van der Waals surface area contributed by atoms with E-state index in [1.54, 1.807) is 12.4 Å². The largest absolute Gasteiger partial charge is 0.350 e. The van der Waals surface area contributed by atoms with E-state index in [0.29, 0.717) is 6.04 Å². The van der Waals surface area contributed by atoms with Gasteiger partial charge in [-0.05, 0) is 6.92 Å². The van der Waals surface area contributed by atoms with Crippen molar-refractivity contribution in [2.24, 2.45) is 0 Å². The van der Waals surface area contributed by atoms with Crippen LogP contribution in [0.4, 0.5) is 5.82 Å². The summed E-state index contributed by atoms with van der Waals surface area (Å²) in [6, 6.07) is 0.505. The van der Waals surface area contributed by atoms with Crippen LogP contribution in [0.25, 0.3) is 0 Å². The highest BCUT2D eigenvalue weighted by atomic mass is 35.5. The van der Waals surface area contributed by atoms with Gasteiger partial charge in [0.2, 0.25) is 0 Å². The Kier molecular flexibility index (Phi) is 6.56. The molecule has 86 valence electrons. The van der Waals surface area contributed by atoms with Gasteiger partial charge < -0.3 is 10.2 Å². The predicted octanol–water partition coefficient (Wildman–Crippen LogP) is 1.12. The topological polar surface area (TPSA) is 41.0 Å². The van der Waals surface area contributed by atoms with Crippen molar-refractivity contribution in [3.05, 3.63) is 18.6 Å². The Hall–Kier alpha value is -0.580. The molecule has 1 N–H and O–H groups in total. The molecule has 1 aliphatic heterocycles. The van der Waals surface area contributed by atoms with Gasteiger partial charge >= 0.3 is 0 Å². The van der Waals surface area contributed by atoms with Crippen molar-refractivity contribution in [2.45, 2.75) is 13.0 Å². The van der Waals surface area contributed by atoms with Crippen LogP contribution in [0.5, 0.6) is 0 Å². The second kappa shape index (κ2) is 6.82. The lowest BCUT2D eigenvalue weighted by molar-refractivity contribution is 0.496. The van der Waals surface area contributed by atoms with E-state index >= 15 is 0 Å². The zero-order chi connectivity index (χ0) is 9.10. The van der Waals surface area contributed by atoms with Crippen molar-refractivity contribution in [3.8, 4) is 0 Å². The van der Waals surface area contributed by atoms with Crippen LogP contribution in [0.3, 0.4) is 0 Å². The number of hydrogen-bond donors (Lipinski definition) is 1. The zero-order valence-corrected chi connectivity index (χ0v) is 10.2. The number of aromatic nitrogens is 2. The molecule has 0 amide bonds. The number of anilines is 1. The van der Waals surface area contributed by atoms with Crippen LogP contribution in [0.1, 0.15) is 6.92 Å². The quantitative estimate of drug-likeness (QED) is 0.812. The average molecular weight is 251 g/mol. The molecule has 1 aliphatic rings. The number of nitrogens with one attached hydrogen (secondary N) is 1. The van der Waals surface area contributed by atoms with E-state index in [1.807, 2.05) is 6.20 Å². The molecule has 0 aromatic carbocycles. The summed E-state index contributed by atoms with van der Waals surface area (Å²) in [6.45, 7) is 5.26. The maximum Gasteiger partial charge on any atom is 0.147 e. The Balaban J connectivity index is 0.000000980. The highest BCUT2D eigenvalue weighted by Crippen LogP contribution is 2.12. The van der Waals surface area contributed by atoms with Crippen molar-refractivity contribution < 1.29 is 0 Å². The molecule has 15 heavy (non-hydrogen) atoms. The standard InChI is InChI=1S/C9H14N4.2ClH/c1-8-6-11-4-5-13(8)9-7-10-2-3-12-9;;/h2-3,7-8,11H,4-6H2,1H3;2*1H. The van der Waals surface area contributed by atoms with Gasteiger partial charge in [-0.1, -0.05) is 0 Å². The van der Waals surface area contributed by atoms with Crippen molar-refractivity contribution >= 4 is 30.6 Å². The van der Waals surface area contributed by atoms with Crippen LogP contribution >= 0.6 is 24.8 Å². The minimum Gasteiger partial charge on any atom is -0.350 e. The summed E-state index contributed by atoms with van der Waals surface area (Å²) in [6.07, 6.45) is 5.27. The van der Waals surface area contributed by atoms with Gasteiger partial charge in [-0.3, -0.25) is 4.98 Å². The first-order chi connectivity index (χ1) is 6.38. The van der Waals surface area contributed by atoms with Crippen LogP contribution in [0.2, 0.25) is 0 Å². The molecule has 1 fully saturated rings. The average Bonchev–Trinajstić information content (AvgIpc) is 2.20. The lowest BCUT2D eigenvalue weighted by Gasteiger charge is -2.34. The van der Waals surface area contributed by atoms with Gasteiger partial charge in [0.05, 0.1) is 6.20 Å². The minimum absolute atomic E-state index is 0. The number of hydrogen-bond acceptors (Lipinski definition) is 4. The van der Waals surface area contributed by atoms with Crippen molar-refractivity contribution in [2.75, 3.05) is 24.5 Å². The molecular weight excluding hydrogens is 235 g/mol. The van der Waals surface area contributed by atoms with Gasteiger partial charge in [0.1, 0.15) is 5.82 Å². The summed E-state index contributed by atoms with van der Waals surface area (Å²) in [5.41, 5.74) is 0. The highest BCUT2D eigenvalue weighted by Gasteiger charge is 2.18. The lowest BCUT2D eigenvalue weighted by atomic mass is 10.2. The van der Waals surface area contributed by atoms with Gasteiger partial charge in [0.15, 0.2) is 0 Å². The summed E-state index contributed by atoms with van der Waals surface area (Å²) in [4.78, 5) is 10.6. The maximum absolute atomic E-state index is 4.29. The molecule has 4 nitrogen and oxygen atoms in total. The Labute approximate surface area is 102 Å². The molecule has 0 saturated carbocycles. The fraction of sp³-hybridized carbons (Fsp3) is 0.556. The lowest BCUT2D eigenvalue weighted by Crippen LogP contribution is -2.50. The van der Waals surface area contributed by atoms with Crippen molar-refractivity contribution in [1.29, 1.82) is 0 Å². The number of piperazine rings is 1. The molecule has 1 aromatic heterocycles. The molecule has 0 bridgehead atoms. The van der Waals surface area contributed by atoms with E-state index < -0.39 is 0 Å². The molecule has 0 aliphatic carbocycles. The third-order valence-corrected chi connectivity index (χ3v) is 2.35. The SMILES string of the molecule is CC1CNCCN1c1cnccn1.Cl.Cl. The normalized spacial score (nSPS) is 20.1. The summed E-state index contributed by atoms with van der Waals surface area (Å²) in [5.74, 6) is 0.983. The van der Waals surface area contributed by atoms with Crippen LogP contribution < -0.4 is 10.2 Å². The van der Waals surface area contributed by atoms with Crippen molar-refractivity contribution in [1.82, 2.24) is 15.3 Å². The predicted molar refractivity (Wildman–Crippen MR) is 66.2 cm³/mol. The molecular formula is C9H16Cl2N4. The molecule has 0 radical (unpaired) electrons. The van der Waals surface area contributed by atoms with E-state index in [-0.39, 0.29) is 24.8 Å². The van der Waals surface area contributed by atoms with Crippen LogP contribution in [-0.2, 0) is 0 Å². The Morgan fingerprint density at radius 2 is 2.20 bits per heavy atom. The van der Waals surface area contributed by atoms with Gasteiger partial charge in [0, 0.05) is 38.1 Å². The molecule has 1 aromatic rings. The fourth-order valence-electron chi connectivity index (χ4n) is 1.62. The van der Waals surface area contributed by atoms with E-state index in [1.165, 1.54) is 0 Å². The number of nitrogens with zero attached hydrogens (tertiary/aromatic N) is 3. The molecule has 6 heteroatoms. The van der Waals surface area contributed by atoms with Crippen LogP contribution in [0.15, 0.2) is 18.6 Å². The molecule has 1 saturated heterocycles. The summed E-state index contributed by atoms with van der Waals surface area (Å²) >= 11 is 0. The Morgan fingerprint density at radius 1 is 1.40 bits per heavy atom. The van der Waals surface area contributed by atoms with E-state index in [9.17, 15) is 0 Å². The molecule has 1 unspecified atom stereocenters. The first-order valence-electron chi connectivity index (χ1n) is 4.61. The van der Waals surface area contributed by atoms with Gasteiger partial charge in [-0.15, -0.1) is 24.8 Å². The molecule has 1 atom stereocenters. The number of halogens is 2. The summed E-state index contributed by atoms with van der Waals surface area (Å²) in [5, 5.41) is 3.34. The van der Waals surface area contributed by atoms with Gasteiger partial charge in [0.25, 0.3) is 0 Å². The molecule has 0 spiro atoms. The summed E-state index contributed by atoms with van der Waals surface area (Å²) in [7, 11) is 0. The highest BCUT2D eigenvalue weighted by molar-refractivity contribution is 5.85. The molecule has 2 rings (SSSR count). The second-order valence-corrected chi connectivity index (χ2v) is 3.31. The Morgan fingerprint density at radius 3 is 2.80 bits per heavy atom. The minimum atomic E-state index is 0. The third-order valence-electron chi connectivity index (χ3n) is 2.35. The third kappa shape index (κ3) is 3.48. The zero-order valence-electron chi connectivity index (χ0n) is 8.59. The summed E-state index contributed by atoms with van der Waals surface area (Å²) < 4.78 is 0. The maximum atomic E-state index is 4.29. The fourth-order valence-corrected chi connectivity index (χ4v) is 1.62. The van der Waals surface area contributed by atoms with Crippen molar-refractivity contribution in [3.63, 3.8) is 0 Å². The first-order valence-corrected chi connectivity index (χ1v) is 4.61. The van der Waals surface area contributed by atoms with Gasteiger partial charge in [-0.2, -0.15) is 0 Å². The monoisotopic (exact) mass is 250 g/mol. The smallest absolute Gasteiger partial charge is 0.147 e. The van der Waals surface area contributed by atoms with Crippen LogP contribution in [0, 0.1) is 0 Å². The first kappa shape index (κ1) is 14.4. The van der Waals surface area contributed by atoms with E-state index in [2.05, 4.69) is 27.1 Å². The number of rotatable bonds is 1. The van der Waals surface area contributed by atoms with Gasteiger partial charge in [-0.25, -0.2) is 4.98 Å². The van der Waals surface area contributed by atoms with E-state index in [4.69, 9.17) is 0 Å². The molecule has 2 heterocycles.